The van der Waals surface area contributed by atoms with Crippen molar-refractivity contribution in [2.45, 2.75) is 25.4 Å². The highest BCUT2D eigenvalue weighted by Crippen LogP contribution is 2.36. The summed E-state index contributed by atoms with van der Waals surface area (Å²) in [5.74, 6) is -0.558. The molecule has 1 aliphatic rings. The molecule has 1 aliphatic carbocycles. The van der Waals surface area contributed by atoms with Crippen molar-refractivity contribution in [2.75, 3.05) is 13.7 Å². The molecule has 1 aromatic carbocycles. The van der Waals surface area contributed by atoms with Crippen LogP contribution in [0.2, 0.25) is 5.02 Å². The molecule has 0 radical (unpaired) electrons. The molecule has 5 nitrogen and oxygen atoms in total. The summed E-state index contributed by atoms with van der Waals surface area (Å²) in [6.07, 6.45) is 1.98. The summed E-state index contributed by atoms with van der Waals surface area (Å²) in [6, 6.07) is 3.44. The Morgan fingerprint density at radius 1 is 1.53 bits per heavy atom. The highest BCUT2D eigenvalue weighted by Gasteiger charge is 2.31. The van der Waals surface area contributed by atoms with Gasteiger partial charge in [-0.2, -0.15) is 0 Å². The van der Waals surface area contributed by atoms with Gasteiger partial charge in [0.05, 0.1) is 13.7 Å². The zero-order valence-electron chi connectivity index (χ0n) is 10.6. The lowest BCUT2D eigenvalue weighted by molar-refractivity contribution is -0.138. The Hall–Kier alpha value is -1.46. The fraction of sp³-hybridized carbons (Fsp3) is 0.462. The lowest BCUT2D eigenvalue weighted by atomic mass is 10.1. The number of carboxylic acid groups (broad SMARTS) is 1. The average Bonchev–Trinajstić information content (AvgIpc) is 3.15. The summed E-state index contributed by atoms with van der Waals surface area (Å²) >= 11 is 5.96. The summed E-state index contributed by atoms with van der Waals surface area (Å²) in [7, 11) is 1.45. The third-order valence-electron chi connectivity index (χ3n) is 3.11. The van der Waals surface area contributed by atoms with Crippen molar-refractivity contribution in [1.29, 1.82) is 0 Å². The van der Waals surface area contributed by atoms with Gasteiger partial charge in [0.1, 0.15) is 0 Å². The molecule has 6 heteroatoms. The fourth-order valence-corrected chi connectivity index (χ4v) is 2.28. The van der Waals surface area contributed by atoms with Crippen LogP contribution in [0.25, 0.3) is 0 Å². The molecule has 19 heavy (non-hydrogen) atoms. The molecule has 2 N–H and O–H groups in total. The lowest BCUT2D eigenvalue weighted by Gasteiger charge is -2.21. The van der Waals surface area contributed by atoms with Crippen LogP contribution in [0.1, 0.15) is 18.4 Å². The molecule has 0 aromatic heterocycles. The number of carbonyl (C=O) groups is 1. The molecule has 0 amide bonds. The minimum atomic E-state index is -0.875. The van der Waals surface area contributed by atoms with Crippen molar-refractivity contribution in [2.24, 2.45) is 0 Å². The van der Waals surface area contributed by atoms with Gasteiger partial charge < -0.3 is 14.9 Å². The van der Waals surface area contributed by atoms with Gasteiger partial charge in [-0.1, -0.05) is 11.6 Å². The van der Waals surface area contributed by atoms with Gasteiger partial charge in [-0.25, -0.2) is 0 Å². The van der Waals surface area contributed by atoms with E-state index in [0.717, 1.165) is 12.8 Å². The van der Waals surface area contributed by atoms with E-state index in [1.807, 2.05) is 4.90 Å². The first-order chi connectivity index (χ1) is 9.01. The topological polar surface area (TPSA) is 70.0 Å². The van der Waals surface area contributed by atoms with E-state index in [0.29, 0.717) is 22.9 Å². The van der Waals surface area contributed by atoms with E-state index in [9.17, 15) is 9.90 Å². The molecule has 0 bridgehead atoms. The first kappa shape index (κ1) is 14.0. The van der Waals surface area contributed by atoms with Crippen molar-refractivity contribution in [3.63, 3.8) is 0 Å². The molecule has 0 aliphatic heterocycles. The van der Waals surface area contributed by atoms with E-state index < -0.39 is 5.97 Å². The fourth-order valence-electron chi connectivity index (χ4n) is 2.05. The number of hydrogen-bond donors (Lipinski definition) is 2. The summed E-state index contributed by atoms with van der Waals surface area (Å²) < 4.78 is 5.04. The van der Waals surface area contributed by atoms with Crippen molar-refractivity contribution < 1.29 is 19.7 Å². The Balaban J connectivity index is 2.20. The third-order valence-corrected chi connectivity index (χ3v) is 3.33. The maximum atomic E-state index is 10.9. The van der Waals surface area contributed by atoms with Crippen molar-refractivity contribution in [3.05, 3.63) is 22.7 Å². The SMILES string of the molecule is COc1cc(Cl)cc(CN(CC(=O)O)C2CC2)c1O. The lowest BCUT2D eigenvalue weighted by Crippen LogP contribution is -2.31. The van der Waals surface area contributed by atoms with E-state index in [1.165, 1.54) is 13.2 Å². The predicted molar refractivity (Wildman–Crippen MR) is 70.7 cm³/mol. The summed E-state index contributed by atoms with van der Waals surface area (Å²) in [5.41, 5.74) is 0.581. The number of aliphatic carboxylic acids is 1. The van der Waals surface area contributed by atoms with Gasteiger partial charge >= 0.3 is 5.97 Å². The maximum absolute atomic E-state index is 10.9. The monoisotopic (exact) mass is 285 g/mol. The van der Waals surface area contributed by atoms with E-state index >= 15 is 0 Å². The number of phenolic OH excluding ortho intramolecular Hbond substituents is 1. The van der Waals surface area contributed by atoms with Gasteiger partial charge in [-0.05, 0) is 18.9 Å². The smallest absolute Gasteiger partial charge is 0.317 e. The van der Waals surface area contributed by atoms with Crippen LogP contribution in [-0.4, -0.2) is 40.8 Å². The first-order valence-electron chi connectivity index (χ1n) is 6.02. The summed E-state index contributed by atoms with van der Waals surface area (Å²) in [6.45, 7) is 0.304. The molecule has 0 saturated heterocycles. The standard InChI is InChI=1S/C13H16ClNO4/c1-19-11-5-9(14)4-8(13(11)18)6-15(7-12(16)17)10-2-3-10/h4-5,10,18H,2-3,6-7H2,1H3,(H,16,17). The second kappa shape index (κ2) is 5.67. The summed E-state index contributed by atoms with van der Waals surface area (Å²) in [5, 5.41) is 19.4. The number of phenols is 1. The molecule has 1 saturated carbocycles. The quantitative estimate of drug-likeness (QED) is 0.838. The third kappa shape index (κ3) is 3.52. The molecule has 1 fully saturated rings. The Bertz CT molecular complexity index is 488. The minimum Gasteiger partial charge on any atom is -0.504 e. The van der Waals surface area contributed by atoms with E-state index in [1.54, 1.807) is 6.07 Å². The average molecular weight is 286 g/mol. The maximum Gasteiger partial charge on any atom is 0.317 e. The summed E-state index contributed by atoms with van der Waals surface area (Å²) in [4.78, 5) is 12.7. The van der Waals surface area contributed by atoms with Crippen LogP contribution in [-0.2, 0) is 11.3 Å². The number of aromatic hydroxyl groups is 1. The van der Waals surface area contributed by atoms with Gasteiger partial charge in [-0.15, -0.1) is 0 Å². The molecule has 0 heterocycles. The number of benzene rings is 1. The van der Waals surface area contributed by atoms with E-state index in [-0.39, 0.29) is 18.3 Å². The number of halogens is 1. The molecule has 1 aromatic rings. The van der Waals surface area contributed by atoms with E-state index in [4.69, 9.17) is 21.4 Å². The molecule has 0 spiro atoms. The number of methoxy groups -OCH3 is 1. The van der Waals surface area contributed by atoms with Crippen molar-refractivity contribution in [1.82, 2.24) is 4.90 Å². The number of nitrogens with zero attached hydrogens (tertiary/aromatic N) is 1. The second-order valence-corrected chi connectivity index (χ2v) is 5.08. The first-order valence-corrected chi connectivity index (χ1v) is 6.40. The van der Waals surface area contributed by atoms with Gasteiger partial charge in [0, 0.05) is 29.2 Å². The van der Waals surface area contributed by atoms with Gasteiger partial charge in [-0.3, -0.25) is 9.69 Å². The van der Waals surface area contributed by atoms with Crippen molar-refractivity contribution in [3.8, 4) is 11.5 Å². The number of carboxylic acids is 1. The van der Waals surface area contributed by atoms with Crippen molar-refractivity contribution >= 4 is 17.6 Å². The van der Waals surface area contributed by atoms with Crippen LogP contribution in [0, 0.1) is 0 Å². The van der Waals surface area contributed by atoms with Crippen LogP contribution in [0.4, 0.5) is 0 Å². The number of rotatable bonds is 6. The molecule has 0 atom stereocenters. The van der Waals surface area contributed by atoms with Crippen LogP contribution in [0.3, 0.4) is 0 Å². The Labute approximate surface area is 116 Å². The highest BCUT2D eigenvalue weighted by atomic mass is 35.5. The second-order valence-electron chi connectivity index (χ2n) is 4.65. The van der Waals surface area contributed by atoms with Gasteiger partial charge in [0.2, 0.25) is 0 Å². The zero-order valence-corrected chi connectivity index (χ0v) is 11.4. The molecular formula is C13H16ClNO4. The molecular weight excluding hydrogens is 270 g/mol. The molecule has 0 unspecified atom stereocenters. The Morgan fingerprint density at radius 3 is 2.74 bits per heavy atom. The zero-order chi connectivity index (χ0) is 14.0. The van der Waals surface area contributed by atoms with Gasteiger partial charge in [0.25, 0.3) is 0 Å². The Morgan fingerprint density at radius 2 is 2.21 bits per heavy atom. The normalized spacial score (nSPS) is 14.7. The minimum absolute atomic E-state index is 0.0166. The molecule has 2 rings (SSSR count). The largest absolute Gasteiger partial charge is 0.504 e. The molecule has 104 valence electrons. The van der Waals surface area contributed by atoms with Crippen LogP contribution in [0.15, 0.2) is 12.1 Å². The predicted octanol–water partition coefficient (Wildman–Crippen LogP) is 2.10. The highest BCUT2D eigenvalue weighted by molar-refractivity contribution is 6.30. The van der Waals surface area contributed by atoms with Gasteiger partial charge in [0.15, 0.2) is 11.5 Å². The number of ether oxygens (including phenoxy) is 1. The Kier molecular flexibility index (Phi) is 4.17. The van der Waals surface area contributed by atoms with Crippen LogP contribution >= 0.6 is 11.6 Å². The van der Waals surface area contributed by atoms with E-state index in [2.05, 4.69) is 0 Å². The van der Waals surface area contributed by atoms with Crippen LogP contribution in [0.5, 0.6) is 11.5 Å². The number of hydrogen-bond acceptors (Lipinski definition) is 4. The van der Waals surface area contributed by atoms with Crippen LogP contribution < -0.4 is 4.74 Å².